The molecule has 2 aromatic rings. The zero-order valence-electron chi connectivity index (χ0n) is 10.2. The molecule has 0 amide bonds. The first-order valence-corrected chi connectivity index (χ1v) is 5.80. The average Bonchev–Trinajstić information content (AvgIpc) is 2.67. The van der Waals surface area contributed by atoms with E-state index in [2.05, 4.69) is 11.1 Å². The van der Waals surface area contributed by atoms with E-state index in [1.165, 1.54) is 0 Å². The first-order chi connectivity index (χ1) is 8.56. The van der Waals surface area contributed by atoms with E-state index in [0.717, 1.165) is 18.0 Å². The first kappa shape index (κ1) is 12.5. The van der Waals surface area contributed by atoms with Gasteiger partial charge in [-0.2, -0.15) is 5.26 Å². The maximum absolute atomic E-state index is 13.3. The van der Waals surface area contributed by atoms with E-state index < -0.39 is 11.6 Å². The Hall–Kier alpha value is -1.96. The van der Waals surface area contributed by atoms with Gasteiger partial charge in [0, 0.05) is 25.1 Å². The molecule has 0 saturated carbocycles. The van der Waals surface area contributed by atoms with Crippen molar-refractivity contribution in [2.75, 3.05) is 0 Å². The van der Waals surface area contributed by atoms with E-state index in [-0.39, 0.29) is 5.92 Å². The smallest absolute Gasteiger partial charge is 0.161 e. The van der Waals surface area contributed by atoms with Crippen LogP contribution in [0.5, 0.6) is 0 Å². The highest BCUT2D eigenvalue weighted by atomic mass is 19.2. The fraction of sp³-hybridized carbons (Fsp3) is 0.385. The van der Waals surface area contributed by atoms with Crippen LogP contribution in [0.4, 0.5) is 8.78 Å². The van der Waals surface area contributed by atoms with Crippen molar-refractivity contribution in [2.45, 2.75) is 26.8 Å². The second-order valence-corrected chi connectivity index (χ2v) is 4.28. The molecule has 1 atom stereocenters. The molecule has 0 fully saturated rings. The predicted molar refractivity (Wildman–Crippen MR) is 63.8 cm³/mol. The summed E-state index contributed by atoms with van der Waals surface area (Å²) in [5, 5.41) is 8.85. The van der Waals surface area contributed by atoms with Crippen molar-refractivity contribution in [2.24, 2.45) is 5.92 Å². The number of hydrogen-bond donors (Lipinski definition) is 0. The van der Waals surface area contributed by atoms with Crippen LogP contribution in [0.2, 0.25) is 0 Å². The summed E-state index contributed by atoms with van der Waals surface area (Å²) in [5.74, 6) is -1.27. The number of aryl methyl sites for hydroxylation is 1. The third-order valence-electron chi connectivity index (χ3n) is 2.86. The Morgan fingerprint density at radius 3 is 2.67 bits per heavy atom. The third-order valence-corrected chi connectivity index (χ3v) is 2.86. The maximum atomic E-state index is 13.3. The van der Waals surface area contributed by atoms with Gasteiger partial charge >= 0.3 is 0 Å². The lowest BCUT2D eigenvalue weighted by atomic mass is 10.2. The summed E-state index contributed by atoms with van der Waals surface area (Å²) in [6.07, 6.45) is 0.649. The number of benzene rings is 1. The van der Waals surface area contributed by atoms with Crippen LogP contribution in [0.3, 0.4) is 0 Å². The number of nitrogens with zero attached hydrogens (tertiary/aromatic N) is 3. The number of fused-ring (bicyclic) bond motifs is 1. The van der Waals surface area contributed by atoms with Crippen LogP contribution in [0, 0.1) is 28.9 Å². The Morgan fingerprint density at radius 1 is 1.39 bits per heavy atom. The standard InChI is InChI=1S/C13H13F2N3/c1-3-13-17-11-4-9(14)10(15)5-12(11)18(13)7-8(2)6-16/h4-5,8H,3,7H2,1-2H3. The monoisotopic (exact) mass is 249 g/mol. The van der Waals surface area contributed by atoms with E-state index in [9.17, 15) is 8.78 Å². The van der Waals surface area contributed by atoms with Gasteiger partial charge in [-0.25, -0.2) is 13.8 Å². The summed E-state index contributed by atoms with van der Waals surface area (Å²) in [7, 11) is 0. The summed E-state index contributed by atoms with van der Waals surface area (Å²) >= 11 is 0. The third kappa shape index (κ3) is 2.06. The van der Waals surface area contributed by atoms with Crippen molar-refractivity contribution >= 4 is 11.0 Å². The number of aromatic nitrogens is 2. The average molecular weight is 249 g/mol. The van der Waals surface area contributed by atoms with Crippen LogP contribution in [0.15, 0.2) is 12.1 Å². The molecule has 0 bridgehead atoms. The Bertz CT molecular complexity index is 625. The molecule has 3 nitrogen and oxygen atoms in total. The van der Waals surface area contributed by atoms with Crippen LogP contribution < -0.4 is 0 Å². The Balaban J connectivity index is 2.62. The molecule has 0 aliphatic heterocycles. The van der Waals surface area contributed by atoms with Crippen molar-refractivity contribution in [1.29, 1.82) is 5.26 Å². The lowest BCUT2D eigenvalue weighted by Crippen LogP contribution is -2.09. The molecule has 1 unspecified atom stereocenters. The zero-order chi connectivity index (χ0) is 13.3. The minimum atomic E-state index is -0.900. The summed E-state index contributed by atoms with van der Waals surface area (Å²) in [5.41, 5.74) is 0.962. The molecule has 0 spiro atoms. The maximum Gasteiger partial charge on any atom is 0.161 e. The normalized spacial score (nSPS) is 12.6. The van der Waals surface area contributed by atoms with Gasteiger partial charge in [-0.1, -0.05) is 6.92 Å². The summed E-state index contributed by atoms with van der Waals surface area (Å²) in [4.78, 5) is 4.27. The predicted octanol–water partition coefficient (Wildman–Crippen LogP) is 3.04. The molecule has 0 saturated heterocycles. The summed E-state index contributed by atoms with van der Waals surface area (Å²) in [6, 6.07) is 4.36. The van der Waals surface area contributed by atoms with Crippen LogP contribution in [0.1, 0.15) is 19.7 Å². The van der Waals surface area contributed by atoms with E-state index in [1.54, 1.807) is 11.5 Å². The fourth-order valence-corrected chi connectivity index (χ4v) is 1.96. The van der Waals surface area contributed by atoms with Crippen LogP contribution in [-0.4, -0.2) is 9.55 Å². The quantitative estimate of drug-likeness (QED) is 0.839. The lowest BCUT2D eigenvalue weighted by Gasteiger charge is -2.09. The highest BCUT2D eigenvalue weighted by Crippen LogP contribution is 2.21. The van der Waals surface area contributed by atoms with Gasteiger partial charge in [-0.3, -0.25) is 0 Å². The van der Waals surface area contributed by atoms with Crippen LogP contribution in [0.25, 0.3) is 11.0 Å². The number of rotatable bonds is 3. The number of nitriles is 1. The molecule has 1 aromatic heterocycles. The molecule has 5 heteroatoms. The summed E-state index contributed by atoms with van der Waals surface area (Å²) < 4.78 is 28.2. The number of hydrogen-bond acceptors (Lipinski definition) is 2. The zero-order valence-corrected chi connectivity index (χ0v) is 10.2. The highest BCUT2D eigenvalue weighted by molar-refractivity contribution is 5.76. The van der Waals surface area contributed by atoms with Crippen molar-refractivity contribution in [3.8, 4) is 6.07 Å². The lowest BCUT2D eigenvalue weighted by molar-refractivity contribution is 0.509. The Labute approximate surface area is 104 Å². The molecule has 0 radical (unpaired) electrons. The largest absolute Gasteiger partial charge is 0.327 e. The van der Waals surface area contributed by atoms with Gasteiger partial charge in [0.25, 0.3) is 0 Å². The van der Waals surface area contributed by atoms with Gasteiger partial charge in [0.2, 0.25) is 0 Å². The van der Waals surface area contributed by atoms with Crippen molar-refractivity contribution in [1.82, 2.24) is 9.55 Å². The molecule has 18 heavy (non-hydrogen) atoms. The van der Waals surface area contributed by atoms with Gasteiger partial charge in [-0.05, 0) is 6.92 Å². The molecule has 1 aromatic carbocycles. The van der Waals surface area contributed by atoms with E-state index in [0.29, 0.717) is 24.0 Å². The van der Waals surface area contributed by atoms with Gasteiger partial charge in [0.1, 0.15) is 5.82 Å². The van der Waals surface area contributed by atoms with E-state index in [4.69, 9.17) is 5.26 Å². The first-order valence-electron chi connectivity index (χ1n) is 5.80. The number of imidazole rings is 1. The van der Waals surface area contributed by atoms with Crippen LogP contribution >= 0.6 is 0 Å². The second-order valence-electron chi connectivity index (χ2n) is 4.28. The minimum absolute atomic E-state index is 0.208. The molecule has 2 rings (SSSR count). The topological polar surface area (TPSA) is 41.6 Å². The molecule has 0 aliphatic carbocycles. The second kappa shape index (κ2) is 4.73. The summed E-state index contributed by atoms with van der Waals surface area (Å²) in [6.45, 7) is 4.13. The van der Waals surface area contributed by atoms with Gasteiger partial charge in [0.15, 0.2) is 11.6 Å². The van der Waals surface area contributed by atoms with Crippen LogP contribution in [-0.2, 0) is 13.0 Å². The Morgan fingerprint density at radius 2 is 2.06 bits per heavy atom. The SMILES string of the molecule is CCc1nc2cc(F)c(F)cc2n1CC(C)C#N. The molecule has 0 N–H and O–H groups in total. The van der Waals surface area contributed by atoms with Crippen molar-refractivity contribution in [3.05, 3.63) is 29.6 Å². The van der Waals surface area contributed by atoms with E-state index in [1.807, 2.05) is 6.92 Å². The molecule has 0 aliphatic rings. The van der Waals surface area contributed by atoms with Gasteiger partial charge in [-0.15, -0.1) is 0 Å². The molecule has 1 heterocycles. The molecular formula is C13H13F2N3. The van der Waals surface area contributed by atoms with Gasteiger partial charge < -0.3 is 4.57 Å². The van der Waals surface area contributed by atoms with Crippen molar-refractivity contribution in [3.63, 3.8) is 0 Å². The number of halogens is 2. The Kier molecular flexibility index (Phi) is 3.28. The van der Waals surface area contributed by atoms with E-state index >= 15 is 0 Å². The highest BCUT2D eigenvalue weighted by Gasteiger charge is 2.14. The van der Waals surface area contributed by atoms with Gasteiger partial charge in [0.05, 0.1) is 23.0 Å². The minimum Gasteiger partial charge on any atom is -0.327 e. The fourth-order valence-electron chi connectivity index (χ4n) is 1.96. The van der Waals surface area contributed by atoms with Crippen molar-refractivity contribution < 1.29 is 8.78 Å². The molecule has 94 valence electrons. The molecular weight excluding hydrogens is 236 g/mol.